The second-order valence-corrected chi connectivity index (χ2v) is 6.52. The SMILES string of the molecule is Cc1cc(F)ccc1CC1(CNC2CC2)CCOCC1. The van der Waals surface area contributed by atoms with E-state index in [1.165, 1.54) is 18.4 Å². The highest BCUT2D eigenvalue weighted by atomic mass is 19.1. The maximum Gasteiger partial charge on any atom is 0.123 e. The smallest absolute Gasteiger partial charge is 0.123 e. The first-order valence-electron chi connectivity index (χ1n) is 7.73. The molecule has 0 radical (unpaired) electrons. The van der Waals surface area contributed by atoms with Crippen molar-refractivity contribution in [2.45, 2.75) is 45.1 Å². The third kappa shape index (κ3) is 3.39. The van der Waals surface area contributed by atoms with Gasteiger partial charge in [0.25, 0.3) is 0 Å². The molecule has 110 valence electrons. The number of hydrogen-bond acceptors (Lipinski definition) is 2. The maximum atomic E-state index is 13.3. The number of ether oxygens (including phenoxy) is 1. The van der Waals surface area contributed by atoms with Crippen LogP contribution in [0.25, 0.3) is 0 Å². The largest absolute Gasteiger partial charge is 0.381 e. The van der Waals surface area contributed by atoms with E-state index in [-0.39, 0.29) is 11.2 Å². The van der Waals surface area contributed by atoms with Gasteiger partial charge in [0, 0.05) is 25.8 Å². The summed E-state index contributed by atoms with van der Waals surface area (Å²) in [4.78, 5) is 0. The van der Waals surface area contributed by atoms with Crippen molar-refractivity contribution in [2.75, 3.05) is 19.8 Å². The van der Waals surface area contributed by atoms with E-state index in [1.54, 1.807) is 12.1 Å². The monoisotopic (exact) mass is 277 g/mol. The lowest BCUT2D eigenvalue weighted by Crippen LogP contribution is -2.41. The summed E-state index contributed by atoms with van der Waals surface area (Å²) in [6.07, 6.45) is 5.87. The predicted octanol–water partition coefficient (Wildman–Crippen LogP) is 3.23. The van der Waals surface area contributed by atoms with Crippen LogP contribution in [0.1, 0.15) is 36.8 Å². The molecule has 0 atom stereocenters. The van der Waals surface area contributed by atoms with E-state index in [2.05, 4.69) is 5.32 Å². The van der Waals surface area contributed by atoms with Crippen molar-refractivity contribution in [1.29, 1.82) is 0 Å². The van der Waals surface area contributed by atoms with Gasteiger partial charge >= 0.3 is 0 Å². The molecule has 1 aliphatic heterocycles. The van der Waals surface area contributed by atoms with E-state index in [9.17, 15) is 4.39 Å². The lowest BCUT2D eigenvalue weighted by atomic mass is 9.74. The minimum atomic E-state index is -0.136. The average Bonchev–Trinajstić information content (AvgIpc) is 3.25. The van der Waals surface area contributed by atoms with E-state index in [0.717, 1.165) is 50.6 Å². The third-order valence-electron chi connectivity index (χ3n) is 4.77. The minimum Gasteiger partial charge on any atom is -0.381 e. The zero-order valence-electron chi connectivity index (χ0n) is 12.3. The van der Waals surface area contributed by atoms with Crippen LogP contribution < -0.4 is 5.32 Å². The average molecular weight is 277 g/mol. The fourth-order valence-corrected chi connectivity index (χ4v) is 3.13. The molecule has 3 rings (SSSR count). The number of aryl methyl sites for hydroxylation is 1. The van der Waals surface area contributed by atoms with Gasteiger partial charge < -0.3 is 10.1 Å². The molecular formula is C17H24FNO. The van der Waals surface area contributed by atoms with E-state index in [4.69, 9.17) is 4.74 Å². The van der Waals surface area contributed by atoms with Gasteiger partial charge in [0.1, 0.15) is 5.82 Å². The van der Waals surface area contributed by atoms with Gasteiger partial charge in [-0.3, -0.25) is 0 Å². The predicted molar refractivity (Wildman–Crippen MR) is 78.4 cm³/mol. The Balaban J connectivity index is 1.73. The van der Waals surface area contributed by atoms with Gasteiger partial charge in [0.15, 0.2) is 0 Å². The lowest BCUT2D eigenvalue weighted by molar-refractivity contribution is 0.0147. The molecule has 1 aromatic rings. The molecule has 2 fully saturated rings. The van der Waals surface area contributed by atoms with Gasteiger partial charge in [0.05, 0.1) is 0 Å². The summed E-state index contributed by atoms with van der Waals surface area (Å²) in [5.41, 5.74) is 2.64. The summed E-state index contributed by atoms with van der Waals surface area (Å²) >= 11 is 0. The lowest BCUT2D eigenvalue weighted by Gasteiger charge is -2.38. The molecule has 1 saturated heterocycles. The third-order valence-corrected chi connectivity index (χ3v) is 4.77. The van der Waals surface area contributed by atoms with Crippen molar-refractivity contribution in [3.8, 4) is 0 Å². The van der Waals surface area contributed by atoms with E-state index < -0.39 is 0 Å². The summed E-state index contributed by atoms with van der Waals surface area (Å²) < 4.78 is 18.8. The highest BCUT2D eigenvalue weighted by Gasteiger charge is 2.35. The summed E-state index contributed by atoms with van der Waals surface area (Å²) in [7, 11) is 0. The summed E-state index contributed by atoms with van der Waals surface area (Å²) in [6, 6.07) is 5.93. The van der Waals surface area contributed by atoms with Crippen LogP contribution in [0.15, 0.2) is 18.2 Å². The van der Waals surface area contributed by atoms with Crippen molar-refractivity contribution in [2.24, 2.45) is 5.41 Å². The molecule has 1 heterocycles. The highest BCUT2D eigenvalue weighted by molar-refractivity contribution is 5.28. The first kappa shape index (κ1) is 14.0. The number of halogens is 1. The molecule has 1 saturated carbocycles. The summed E-state index contributed by atoms with van der Waals surface area (Å²) in [6.45, 7) is 4.79. The number of rotatable bonds is 5. The molecule has 0 bridgehead atoms. The van der Waals surface area contributed by atoms with Crippen LogP contribution in [0, 0.1) is 18.2 Å². The molecule has 0 spiro atoms. The Kier molecular flexibility index (Phi) is 4.08. The number of hydrogen-bond donors (Lipinski definition) is 1. The molecule has 1 aliphatic carbocycles. The fourth-order valence-electron chi connectivity index (χ4n) is 3.13. The van der Waals surface area contributed by atoms with Crippen LogP contribution in [0.3, 0.4) is 0 Å². The van der Waals surface area contributed by atoms with E-state index in [1.807, 2.05) is 13.0 Å². The van der Waals surface area contributed by atoms with Gasteiger partial charge in [-0.05, 0) is 67.7 Å². The second-order valence-electron chi connectivity index (χ2n) is 6.52. The number of nitrogens with one attached hydrogen (secondary N) is 1. The Morgan fingerprint density at radius 3 is 2.70 bits per heavy atom. The Bertz CT molecular complexity index is 464. The summed E-state index contributed by atoms with van der Waals surface area (Å²) in [5.74, 6) is -0.136. The fraction of sp³-hybridized carbons (Fsp3) is 0.647. The molecule has 2 nitrogen and oxygen atoms in total. The van der Waals surface area contributed by atoms with Crippen LogP contribution in [-0.4, -0.2) is 25.8 Å². The first-order chi connectivity index (χ1) is 9.67. The van der Waals surface area contributed by atoms with Crippen molar-refractivity contribution < 1.29 is 9.13 Å². The molecule has 2 aliphatic rings. The van der Waals surface area contributed by atoms with Crippen LogP contribution in [0.2, 0.25) is 0 Å². The molecular weight excluding hydrogens is 253 g/mol. The van der Waals surface area contributed by atoms with E-state index >= 15 is 0 Å². The van der Waals surface area contributed by atoms with Crippen LogP contribution >= 0.6 is 0 Å². The second kappa shape index (κ2) is 5.82. The van der Waals surface area contributed by atoms with Crippen molar-refractivity contribution in [1.82, 2.24) is 5.32 Å². The standard InChI is InChI=1S/C17H24FNO/c1-13-10-15(18)3-2-14(13)11-17(6-8-20-9-7-17)12-19-16-4-5-16/h2-3,10,16,19H,4-9,11-12H2,1H3. The maximum absolute atomic E-state index is 13.3. The van der Waals surface area contributed by atoms with Gasteiger partial charge in [-0.25, -0.2) is 4.39 Å². The van der Waals surface area contributed by atoms with Crippen LogP contribution in [0.4, 0.5) is 4.39 Å². The Morgan fingerprint density at radius 1 is 1.30 bits per heavy atom. The summed E-state index contributed by atoms with van der Waals surface area (Å²) in [5, 5.41) is 3.69. The van der Waals surface area contributed by atoms with Crippen LogP contribution in [0.5, 0.6) is 0 Å². The molecule has 0 aromatic heterocycles. The Morgan fingerprint density at radius 2 is 2.05 bits per heavy atom. The topological polar surface area (TPSA) is 21.3 Å². The molecule has 20 heavy (non-hydrogen) atoms. The quantitative estimate of drug-likeness (QED) is 0.892. The van der Waals surface area contributed by atoms with Crippen molar-refractivity contribution in [3.63, 3.8) is 0 Å². The first-order valence-corrected chi connectivity index (χ1v) is 7.73. The Labute approximate surface area is 120 Å². The number of benzene rings is 1. The van der Waals surface area contributed by atoms with Gasteiger partial charge in [0.2, 0.25) is 0 Å². The minimum absolute atomic E-state index is 0.136. The highest BCUT2D eigenvalue weighted by Crippen LogP contribution is 2.35. The normalized spacial score (nSPS) is 21.9. The molecule has 1 aromatic carbocycles. The van der Waals surface area contributed by atoms with Crippen molar-refractivity contribution >= 4 is 0 Å². The van der Waals surface area contributed by atoms with Gasteiger partial charge in [-0.2, -0.15) is 0 Å². The molecule has 3 heteroatoms. The van der Waals surface area contributed by atoms with Gasteiger partial charge in [-0.15, -0.1) is 0 Å². The molecule has 0 amide bonds. The van der Waals surface area contributed by atoms with Crippen LogP contribution in [-0.2, 0) is 11.2 Å². The molecule has 0 unspecified atom stereocenters. The zero-order valence-corrected chi connectivity index (χ0v) is 12.3. The Hall–Kier alpha value is -0.930. The van der Waals surface area contributed by atoms with Gasteiger partial charge in [-0.1, -0.05) is 6.07 Å². The van der Waals surface area contributed by atoms with E-state index in [0.29, 0.717) is 0 Å². The van der Waals surface area contributed by atoms with Crippen molar-refractivity contribution in [3.05, 3.63) is 35.1 Å². The molecule has 1 N–H and O–H groups in total. The zero-order chi connectivity index (χ0) is 14.0.